The van der Waals surface area contributed by atoms with Crippen molar-refractivity contribution in [3.8, 4) is 0 Å². The fraction of sp³-hybridized carbons (Fsp3) is 0.571. The summed E-state index contributed by atoms with van der Waals surface area (Å²) in [5.41, 5.74) is 0.797. The van der Waals surface area contributed by atoms with E-state index in [2.05, 4.69) is 0 Å². The van der Waals surface area contributed by atoms with E-state index in [9.17, 15) is 4.79 Å². The molecule has 1 aliphatic carbocycles. The van der Waals surface area contributed by atoms with Gasteiger partial charge in [-0.3, -0.25) is 4.79 Å². The van der Waals surface area contributed by atoms with Gasteiger partial charge in [0.1, 0.15) is 0 Å². The van der Waals surface area contributed by atoms with E-state index in [1.807, 2.05) is 0 Å². The summed E-state index contributed by atoms with van der Waals surface area (Å²) in [6.07, 6.45) is 2.25. The molecule has 0 aromatic carbocycles. The zero-order chi connectivity index (χ0) is 6.85. The number of aliphatic hydroxyl groups is 1. The van der Waals surface area contributed by atoms with E-state index in [0.717, 1.165) is 5.57 Å². The third-order valence-electron chi connectivity index (χ3n) is 1.58. The largest absolute Gasteiger partial charge is 0.389 e. The maximum atomic E-state index is 10.6. The maximum absolute atomic E-state index is 10.6. The molecule has 0 radical (unpaired) electrons. The monoisotopic (exact) mass is 126 g/mol. The predicted octanol–water partition coefficient (Wildman–Crippen LogP) is 0.657. The molecule has 0 aromatic rings. The van der Waals surface area contributed by atoms with Gasteiger partial charge in [-0.25, -0.2) is 0 Å². The zero-order valence-corrected chi connectivity index (χ0v) is 5.42. The lowest BCUT2D eigenvalue weighted by Gasteiger charge is -2.14. The molecule has 0 spiro atoms. The fourth-order valence-electron chi connectivity index (χ4n) is 0.929. The highest BCUT2D eigenvalue weighted by Gasteiger charge is 2.14. The minimum Gasteiger partial charge on any atom is -0.389 e. The summed E-state index contributed by atoms with van der Waals surface area (Å²) in [5.74, 6) is 0.137. The molecule has 1 N–H and O–H groups in total. The van der Waals surface area contributed by atoms with E-state index in [-0.39, 0.29) is 11.9 Å². The molecule has 0 heterocycles. The van der Waals surface area contributed by atoms with Crippen LogP contribution in [0.25, 0.3) is 0 Å². The van der Waals surface area contributed by atoms with E-state index < -0.39 is 0 Å². The van der Waals surface area contributed by atoms with Crippen molar-refractivity contribution >= 4 is 5.78 Å². The average Bonchev–Trinajstić information content (AvgIpc) is 1.80. The molecule has 2 nitrogen and oxygen atoms in total. The van der Waals surface area contributed by atoms with Crippen LogP contribution in [0.4, 0.5) is 0 Å². The lowest BCUT2D eigenvalue weighted by atomic mass is 9.97. The van der Waals surface area contributed by atoms with E-state index in [1.165, 1.54) is 6.08 Å². The Kier molecular flexibility index (Phi) is 1.67. The molecule has 2 heteroatoms. The SMILES string of the molecule is CC1=CC(=O)CC[C@@H]1O. The summed E-state index contributed by atoms with van der Waals surface area (Å²) in [6, 6.07) is 0. The first kappa shape index (κ1) is 6.49. The van der Waals surface area contributed by atoms with Crippen molar-refractivity contribution in [3.63, 3.8) is 0 Å². The van der Waals surface area contributed by atoms with Crippen LogP contribution in [0.1, 0.15) is 19.8 Å². The van der Waals surface area contributed by atoms with Gasteiger partial charge in [-0.05, 0) is 25.0 Å². The standard InChI is InChI=1S/C7H10O2/c1-5-4-6(8)2-3-7(5)9/h4,7,9H,2-3H2,1H3/t7-/m0/s1. The third kappa shape index (κ3) is 1.39. The predicted molar refractivity (Wildman–Crippen MR) is 34.0 cm³/mol. The van der Waals surface area contributed by atoms with E-state index >= 15 is 0 Å². The van der Waals surface area contributed by atoms with Crippen LogP contribution in [0.3, 0.4) is 0 Å². The summed E-state index contributed by atoms with van der Waals surface area (Å²) < 4.78 is 0. The van der Waals surface area contributed by atoms with Gasteiger partial charge >= 0.3 is 0 Å². The number of carbonyl (C=O) groups is 1. The Labute approximate surface area is 54.2 Å². The molecule has 1 atom stereocenters. The molecule has 0 fully saturated rings. The van der Waals surface area contributed by atoms with Gasteiger partial charge in [-0.15, -0.1) is 0 Å². The van der Waals surface area contributed by atoms with Gasteiger partial charge in [0.25, 0.3) is 0 Å². The average molecular weight is 126 g/mol. The number of ketones is 1. The van der Waals surface area contributed by atoms with E-state index in [1.54, 1.807) is 6.92 Å². The summed E-state index contributed by atoms with van der Waals surface area (Å²) in [7, 11) is 0. The second-order valence-electron chi connectivity index (χ2n) is 2.41. The summed E-state index contributed by atoms with van der Waals surface area (Å²) in [6.45, 7) is 1.78. The first-order valence-corrected chi connectivity index (χ1v) is 3.09. The first-order valence-electron chi connectivity index (χ1n) is 3.09. The van der Waals surface area contributed by atoms with Gasteiger partial charge in [-0.2, -0.15) is 0 Å². The molecule has 0 unspecified atom stereocenters. The highest BCUT2D eigenvalue weighted by atomic mass is 16.3. The molecule has 0 amide bonds. The zero-order valence-electron chi connectivity index (χ0n) is 5.42. The second kappa shape index (κ2) is 2.31. The molecule has 1 aliphatic rings. The van der Waals surface area contributed by atoms with Crippen LogP contribution in [-0.4, -0.2) is 17.0 Å². The second-order valence-corrected chi connectivity index (χ2v) is 2.41. The molecule has 0 saturated carbocycles. The summed E-state index contributed by atoms with van der Waals surface area (Å²) in [4.78, 5) is 10.6. The molecule has 0 aliphatic heterocycles. The smallest absolute Gasteiger partial charge is 0.155 e. The highest BCUT2D eigenvalue weighted by molar-refractivity contribution is 5.91. The minimum absolute atomic E-state index is 0.137. The van der Waals surface area contributed by atoms with E-state index in [4.69, 9.17) is 5.11 Å². The topological polar surface area (TPSA) is 37.3 Å². The van der Waals surface area contributed by atoms with Crippen molar-refractivity contribution in [2.24, 2.45) is 0 Å². The number of hydrogen-bond acceptors (Lipinski definition) is 2. The van der Waals surface area contributed by atoms with Crippen molar-refractivity contribution in [2.75, 3.05) is 0 Å². The van der Waals surface area contributed by atoms with Crippen LogP contribution in [0.2, 0.25) is 0 Å². The van der Waals surface area contributed by atoms with Crippen LogP contribution >= 0.6 is 0 Å². The Morgan fingerprint density at radius 1 is 1.78 bits per heavy atom. The Balaban J connectivity index is 2.72. The van der Waals surface area contributed by atoms with E-state index in [0.29, 0.717) is 12.8 Å². The quantitative estimate of drug-likeness (QED) is 0.517. The number of aliphatic hydroxyl groups excluding tert-OH is 1. The van der Waals surface area contributed by atoms with Gasteiger partial charge in [0.2, 0.25) is 0 Å². The molecule has 0 bridgehead atoms. The van der Waals surface area contributed by atoms with Crippen LogP contribution in [0, 0.1) is 0 Å². The van der Waals surface area contributed by atoms with Gasteiger partial charge in [0.05, 0.1) is 6.10 Å². The lowest BCUT2D eigenvalue weighted by Crippen LogP contribution is -2.16. The van der Waals surface area contributed by atoms with Crippen LogP contribution in [-0.2, 0) is 4.79 Å². The number of allylic oxidation sites excluding steroid dienone is 1. The van der Waals surface area contributed by atoms with Gasteiger partial charge in [0.15, 0.2) is 5.78 Å². The molecule has 1 rings (SSSR count). The van der Waals surface area contributed by atoms with Crippen molar-refractivity contribution in [3.05, 3.63) is 11.6 Å². The highest BCUT2D eigenvalue weighted by Crippen LogP contribution is 2.14. The minimum atomic E-state index is -0.373. The Bertz CT molecular complexity index is 158. The van der Waals surface area contributed by atoms with Gasteiger partial charge in [-0.1, -0.05) is 0 Å². The normalized spacial score (nSPS) is 28.0. The van der Waals surface area contributed by atoms with Crippen LogP contribution in [0.15, 0.2) is 11.6 Å². The van der Waals surface area contributed by atoms with Crippen molar-refractivity contribution in [1.29, 1.82) is 0 Å². The third-order valence-corrected chi connectivity index (χ3v) is 1.58. The molecular formula is C7H10O2. The maximum Gasteiger partial charge on any atom is 0.155 e. The first-order chi connectivity index (χ1) is 4.20. The van der Waals surface area contributed by atoms with Crippen molar-refractivity contribution < 1.29 is 9.90 Å². The van der Waals surface area contributed by atoms with Gasteiger partial charge < -0.3 is 5.11 Å². The number of rotatable bonds is 0. The molecule has 0 aromatic heterocycles. The Morgan fingerprint density at radius 2 is 2.44 bits per heavy atom. The fourth-order valence-corrected chi connectivity index (χ4v) is 0.929. The molecular weight excluding hydrogens is 116 g/mol. The van der Waals surface area contributed by atoms with Crippen molar-refractivity contribution in [1.82, 2.24) is 0 Å². The number of carbonyl (C=O) groups excluding carboxylic acids is 1. The number of hydrogen-bond donors (Lipinski definition) is 1. The molecule has 0 saturated heterocycles. The Morgan fingerprint density at radius 3 is 2.89 bits per heavy atom. The van der Waals surface area contributed by atoms with Crippen molar-refractivity contribution in [2.45, 2.75) is 25.9 Å². The van der Waals surface area contributed by atoms with Gasteiger partial charge in [0, 0.05) is 6.42 Å². The summed E-state index contributed by atoms with van der Waals surface area (Å²) >= 11 is 0. The van der Waals surface area contributed by atoms with Crippen LogP contribution < -0.4 is 0 Å². The molecule has 50 valence electrons. The Hall–Kier alpha value is -0.630. The van der Waals surface area contributed by atoms with Crippen LogP contribution in [0.5, 0.6) is 0 Å². The summed E-state index contributed by atoms with van der Waals surface area (Å²) in [5, 5.41) is 9.07. The molecule has 9 heavy (non-hydrogen) atoms. The lowest BCUT2D eigenvalue weighted by molar-refractivity contribution is -0.115.